The Morgan fingerprint density at radius 1 is 1.00 bits per heavy atom. The predicted octanol–water partition coefficient (Wildman–Crippen LogP) is 3.01. The van der Waals surface area contributed by atoms with E-state index in [1.54, 1.807) is 24.3 Å². The van der Waals surface area contributed by atoms with Gasteiger partial charge in [-0.1, -0.05) is 29.8 Å². The van der Waals surface area contributed by atoms with Gasteiger partial charge in [0, 0.05) is 16.3 Å². The van der Waals surface area contributed by atoms with Crippen LogP contribution in [0.3, 0.4) is 0 Å². The Morgan fingerprint density at radius 3 is 2.33 bits per heavy atom. The molecule has 108 valence electrons. The molecular weight excluding hydrogens is 306 g/mol. The first-order chi connectivity index (χ1) is 10.1. The maximum atomic E-state index is 11.8. The first kappa shape index (κ1) is 15.3. The Morgan fingerprint density at radius 2 is 1.67 bits per heavy atom. The smallest absolute Gasteiger partial charge is 0.252 e. The Bertz CT molecular complexity index is 617. The van der Waals surface area contributed by atoms with Gasteiger partial charge in [-0.05, 0) is 48.6 Å². The molecule has 0 bridgehead atoms. The molecule has 0 heterocycles. The molecule has 1 amide bonds. The fourth-order valence-electron chi connectivity index (χ4n) is 1.60. The molecule has 0 atom stereocenters. The van der Waals surface area contributed by atoms with Crippen LogP contribution < -0.4 is 16.0 Å². The van der Waals surface area contributed by atoms with Gasteiger partial charge >= 0.3 is 0 Å². The van der Waals surface area contributed by atoms with Gasteiger partial charge in [-0.2, -0.15) is 0 Å². The summed E-state index contributed by atoms with van der Waals surface area (Å²) in [7, 11) is 0. The summed E-state index contributed by atoms with van der Waals surface area (Å²) in [6.07, 6.45) is 0. The molecule has 4 nitrogen and oxygen atoms in total. The number of benzene rings is 2. The van der Waals surface area contributed by atoms with Crippen molar-refractivity contribution in [2.45, 2.75) is 0 Å². The molecule has 2 rings (SSSR count). The van der Waals surface area contributed by atoms with Crippen LogP contribution in [0.15, 0.2) is 54.6 Å². The number of carbonyl (C=O) groups excluding carboxylic acids is 1. The van der Waals surface area contributed by atoms with E-state index in [9.17, 15) is 4.79 Å². The van der Waals surface area contributed by atoms with Gasteiger partial charge in [0.2, 0.25) is 0 Å². The summed E-state index contributed by atoms with van der Waals surface area (Å²) >= 11 is 10.9. The fourth-order valence-corrected chi connectivity index (χ4v) is 1.92. The Kier molecular flexibility index (Phi) is 5.54. The largest absolute Gasteiger partial charge is 0.345 e. The molecule has 21 heavy (non-hydrogen) atoms. The number of hydrogen-bond acceptors (Lipinski definition) is 2. The maximum absolute atomic E-state index is 11.8. The van der Waals surface area contributed by atoms with E-state index in [1.165, 1.54) is 0 Å². The molecule has 0 spiro atoms. The van der Waals surface area contributed by atoms with Crippen LogP contribution in [-0.2, 0) is 0 Å². The zero-order chi connectivity index (χ0) is 15.1. The van der Waals surface area contributed by atoms with Crippen molar-refractivity contribution in [2.75, 3.05) is 12.0 Å². The van der Waals surface area contributed by atoms with Crippen molar-refractivity contribution in [3.63, 3.8) is 0 Å². The van der Waals surface area contributed by atoms with Gasteiger partial charge in [-0.15, -0.1) is 0 Å². The highest BCUT2D eigenvalue weighted by molar-refractivity contribution is 7.80. The summed E-state index contributed by atoms with van der Waals surface area (Å²) in [4.78, 5) is 11.8. The predicted molar refractivity (Wildman–Crippen MR) is 89.6 cm³/mol. The van der Waals surface area contributed by atoms with Crippen LogP contribution in [0.25, 0.3) is 0 Å². The van der Waals surface area contributed by atoms with Crippen LogP contribution in [0.5, 0.6) is 0 Å². The fraction of sp³-hybridized carbons (Fsp3) is 0.0667. The molecule has 2 aromatic rings. The van der Waals surface area contributed by atoms with Crippen molar-refractivity contribution in [1.82, 2.24) is 10.6 Å². The van der Waals surface area contributed by atoms with Crippen LogP contribution in [0, 0.1) is 0 Å². The number of rotatable bonds is 4. The van der Waals surface area contributed by atoms with E-state index < -0.39 is 0 Å². The van der Waals surface area contributed by atoms with Crippen LogP contribution in [0.2, 0.25) is 5.02 Å². The molecular formula is C15H14ClN3OS. The van der Waals surface area contributed by atoms with Gasteiger partial charge in [0.25, 0.3) is 5.91 Å². The van der Waals surface area contributed by atoms with Crippen LogP contribution >= 0.6 is 23.8 Å². The number of hydrogen-bond donors (Lipinski definition) is 3. The highest BCUT2D eigenvalue weighted by Gasteiger charge is 2.03. The van der Waals surface area contributed by atoms with Gasteiger partial charge in [0.1, 0.15) is 0 Å². The number of amides is 1. The van der Waals surface area contributed by atoms with Gasteiger partial charge in [0.15, 0.2) is 5.11 Å². The normalized spacial score (nSPS) is 9.76. The number of anilines is 1. The SMILES string of the molecule is O=C(NCNC(=S)Nc1ccc(Cl)cc1)c1ccccc1. The van der Waals surface area contributed by atoms with E-state index in [0.717, 1.165) is 5.69 Å². The molecule has 6 heteroatoms. The van der Waals surface area contributed by atoms with Gasteiger partial charge < -0.3 is 16.0 Å². The maximum Gasteiger partial charge on any atom is 0.252 e. The summed E-state index contributed by atoms with van der Waals surface area (Å²) in [5.41, 5.74) is 1.43. The van der Waals surface area contributed by atoms with Crippen LogP contribution in [0.1, 0.15) is 10.4 Å². The average molecular weight is 320 g/mol. The molecule has 0 aromatic heterocycles. The molecule has 2 aromatic carbocycles. The minimum Gasteiger partial charge on any atom is -0.345 e. The molecule has 3 N–H and O–H groups in total. The molecule has 0 radical (unpaired) electrons. The molecule has 0 aliphatic heterocycles. The molecule has 0 aliphatic rings. The first-order valence-corrected chi connectivity index (χ1v) is 7.07. The van der Waals surface area contributed by atoms with Gasteiger partial charge in [-0.3, -0.25) is 4.79 Å². The highest BCUT2D eigenvalue weighted by Crippen LogP contribution is 2.12. The van der Waals surface area contributed by atoms with Crippen molar-refractivity contribution in [3.05, 3.63) is 65.2 Å². The third-order valence-electron chi connectivity index (χ3n) is 2.64. The summed E-state index contributed by atoms with van der Waals surface area (Å²) in [6.45, 7) is 0.243. The minimum atomic E-state index is -0.155. The number of halogens is 1. The van der Waals surface area contributed by atoms with E-state index in [1.807, 2.05) is 30.3 Å². The quantitative estimate of drug-likeness (QED) is 0.599. The summed E-state index contributed by atoms with van der Waals surface area (Å²) < 4.78 is 0. The minimum absolute atomic E-state index is 0.155. The lowest BCUT2D eigenvalue weighted by Crippen LogP contribution is -2.39. The van der Waals surface area contributed by atoms with Crippen LogP contribution in [0.4, 0.5) is 5.69 Å². The van der Waals surface area contributed by atoms with Gasteiger partial charge in [0.05, 0.1) is 6.67 Å². The van der Waals surface area contributed by atoms with E-state index >= 15 is 0 Å². The lowest BCUT2D eigenvalue weighted by Gasteiger charge is -2.11. The topological polar surface area (TPSA) is 53.2 Å². The number of carbonyl (C=O) groups is 1. The zero-order valence-corrected chi connectivity index (χ0v) is 12.7. The molecule has 0 saturated carbocycles. The zero-order valence-electron chi connectivity index (χ0n) is 11.1. The molecule has 0 unspecified atom stereocenters. The number of thiocarbonyl (C=S) groups is 1. The monoisotopic (exact) mass is 319 g/mol. The van der Waals surface area contributed by atoms with Crippen molar-refractivity contribution < 1.29 is 4.79 Å². The molecule has 0 saturated heterocycles. The highest BCUT2D eigenvalue weighted by atomic mass is 35.5. The van der Waals surface area contributed by atoms with Crippen molar-refractivity contribution in [3.8, 4) is 0 Å². The third kappa shape index (κ3) is 5.06. The third-order valence-corrected chi connectivity index (χ3v) is 3.13. The second-order valence-electron chi connectivity index (χ2n) is 4.19. The van der Waals surface area contributed by atoms with E-state index in [-0.39, 0.29) is 12.6 Å². The first-order valence-electron chi connectivity index (χ1n) is 6.29. The summed E-state index contributed by atoms with van der Waals surface area (Å²) in [5, 5.41) is 9.70. The lowest BCUT2D eigenvalue weighted by atomic mass is 10.2. The second-order valence-corrected chi connectivity index (χ2v) is 5.03. The Hall–Kier alpha value is -2.11. The summed E-state index contributed by atoms with van der Waals surface area (Å²) in [6, 6.07) is 16.2. The Balaban J connectivity index is 1.74. The van der Waals surface area contributed by atoms with Crippen molar-refractivity contribution in [2.24, 2.45) is 0 Å². The Labute approximate surface area is 133 Å². The molecule has 0 aliphatic carbocycles. The van der Waals surface area contributed by atoms with E-state index in [2.05, 4.69) is 16.0 Å². The van der Waals surface area contributed by atoms with Crippen LogP contribution in [-0.4, -0.2) is 17.7 Å². The molecule has 0 fully saturated rings. The lowest BCUT2D eigenvalue weighted by molar-refractivity contribution is 0.0953. The van der Waals surface area contributed by atoms with Gasteiger partial charge in [-0.25, -0.2) is 0 Å². The van der Waals surface area contributed by atoms with E-state index in [0.29, 0.717) is 15.7 Å². The standard InChI is InChI=1S/C15H14ClN3OS/c16-12-6-8-13(9-7-12)19-15(21)18-10-17-14(20)11-4-2-1-3-5-11/h1-9H,10H2,(H,17,20)(H2,18,19,21). The number of nitrogens with one attached hydrogen (secondary N) is 3. The second kappa shape index (κ2) is 7.61. The summed E-state index contributed by atoms with van der Waals surface area (Å²) in [5.74, 6) is -0.155. The average Bonchev–Trinajstić information content (AvgIpc) is 2.50. The van der Waals surface area contributed by atoms with Crippen molar-refractivity contribution >= 4 is 40.5 Å². The van der Waals surface area contributed by atoms with E-state index in [4.69, 9.17) is 23.8 Å². The van der Waals surface area contributed by atoms with Crippen molar-refractivity contribution in [1.29, 1.82) is 0 Å².